The van der Waals surface area contributed by atoms with E-state index in [0.29, 0.717) is 6.54 Å². The number of rotatable bonds is 5. The molecule has 1 aromatic carbocycles. The molecule has 1 fully saturated rings. The van der Waals surface area contributed by atoms with Gasteiger partial charge in [-0.1, -0.05) is 25.1 Å². The maximum absolute atomic E-state index is 11.6. The Hall–Kier alpha value is -1.39. The van der Waals surface area contributed by atoms with Crippen LogP contribution in [0.1, 0.15) is 6.92 Å². The predicted molar refractivity (Wildman–Crippen MR) is 66.9 cm³/mol. The molecule has 0 unspecified atom stereocenters. The van der Waals surface area contributed by atoms with Gasteiger partial charge in [-0.2, -0.15) is 0 Å². The fourth-order valence-electron chi connectivity index (χ4n) is 1.76. The van der Waals surface area contributed by atoms with Gasteiger partial charge in [-0.3, -0.25) is 4.79 Å². The lowest BCUT2D eigenvalue weighted by atomic mass is 9.89. The predicted octanol–water partition coefficient (Wildman–Crippen LogP) is 1.25. The lowest BCUT2D eigenvalue weighted by Gasteiger charge is -2.38. The van der Waals surface area contributed by atoms with Gasteiger partial charge in [-0.15, -0.1) is 0 Å². The summed E-state index contributed by atoms with van der Waals surface area (Å²) >= 11 is 0. The van der Waals surface area contributed by atoms with Crippen LogP contribution in [-0.2, 0) is 9.53 Å². The van der Waals surface area contributed by atoms with Crippen molar-refractivity contribution in [1.29, 1.82) is 0 Å². The monoisotopic (exact) mass is 234 g/mol. The first-order chi connectivity index (χ1) is 8.18. The number of hydrogen-bond donors (Lipinski definition) is 2. The topological polar surface area (TPSA) is 50.4 Å². The average Bonchev–Trinajstić information content (AvgIpc) is 2.28. The lowest BCUT2D eigenvalue weighted by molar-refractivity contribution is -0.117. The molecule has 4 nitrogen and oxygen atoms in total. The molecule has 1 aromatic rings. The Morgan fingerprint density at radius 2 is 2.06 bits per heavy atom. The van der Waals surface area contributed by atoms with Crippen LogP contribution in [0.5, 0.6) is 0 Å². The van der Waals surface area contributed by atoms with Crippen molar-refractivity contribution < 1.29 is 9.53 Å². The molecule has 0 aromatic heterocycles. The minimum absolute atomic E-state index is 0.0139. The summed E-state index contributed by atoms with van der Waals surface area (Å²) in [4.78, 5) is 11.6. The number of ether oxygens (including phenoxy) is 1. The van der Waals surface area contributed by atoms with Gasteiger partial charge >= 0.3 is 0 Å². The van der Waals surface area contributed by atoms with E-state index < -0.39 is 0 Å². The Morgan fingerprint density at radius 3 is 2.65 bits per heavy atom. The van der Waals surface area contributed by atoms with Gasteiger partial charge in [0.1, 0.15) is 0 Å². The number of hydrogen-bond acceptors (Lipinski definition) is 3. The van der Waals surface area contributed by atoms with E-state index in [-0.39, 0.29) is 11.3 Å². The molecular weight excluding hydrogens is 216 g/mol. The molecular formula is C13H18N2O2. The number of para-hydroxylation sites is 1. The van der Waals surface area contributed by atoms with Crippen molar-refractivity contribution in [1.82, 2.24) is 5.32 Å². The van der Waals surface area contributed by atoms with E-state index in [2.05, 4.69) is 17.6 Å². The first-order valence-electron chi connectivity index (χ1n) is 5.81. The molecule has 4 heteroatoms. The van der Waals surface area contributed by atoms with Crippen LogP contribution in [0, 0.1) is 5.41 Å². The minimum Gasteiger partial charge on any atom is -0.380 e. The Kier molecular flexibility index (Phi) is 3.76. The summed E-state index contributed by atoms with van der Waals surface area (Å²) in [7, 11) is 0. The Labute approximate surface area is 101 Å². The van der Waals surface area contributed by atoms with E-state index in [4.69, 9.17) is 4.74 Å². The zero-order valence-electron chi connectivity index (χ0n) is 10.0. The second kappa shape index (κ2) is 5.29. The van der Waals surface area contributed by atoms with Gasteiger partial charge in [0.05, 0.1) is 19.8 Å². The van der Waals surface area contributed by atoms with Gasteiger partial charge in [0.15, 0.2) is 0 Å². The highest BCUT2D eigenvalue weighted by Crippen LogP contribution is 2.24. The quantitative estimate of drug-likeness (QED) is 0.806. The molecule has 1 aliphatic rings. The van der Waals surface area contributed by atoms with Gasteiger partial charge in [-0.25, -0.2) is 0 Å². The summed E-state index contributed by atoms with van der Waals surface area (Å²) in [6.07, 6.45) is 0. The smallest absolute Gasteiger partial charge is 0.238 e. The molecule has 2 N–H and O–H groups in total. The summed E-state index contributed by atoms with van der Waals surface area (Å²) in [5, 5.41) is 5.99. The first-order valence-corrected chi connectivity index (χ1v) is 5.81. The van der Waals surface area contributed by atoms with Gasteiger partial charge in [0.25, 0.3) is 0 Å². The maximum Gasteiger partial charge on any atom is 0.238 e. The third kappa shape index (κ3) is 3.54. The molecule has 0 saturated carbocycles. The standard InChI is InChI=1S/C13H18N2O2/c1-13(9-17-10-13)8-14-7-12(16)15-11-5-3-2-4-6-11/h2-6,14H,7-10H2,1H3,(H,15,16). The van der Waals surface area contributed by atoms with E-state index in [1.165, 1.54) is 0 Å². The number of amides is 1. The van der Waals surface area contributed by atoms with Crippen molar-refractivity contribution in [2.75, 3.05) is 31.6 Å². The number of nitrogens with one attached hydrogen (secondary N) is 2. The fourth-order valence-corrected chi connectivity index (χ4v) is 1.76. The summed E-state index contributed by atoms with van der Waals surface area (Å²) < 4.78 is 5.15. The number of anilines is 1. The second-order valence-corrected chi connectivity index (χ2v) is 4.82. The number of carbonyl (C=O) groups excluding carboxylic acids is 1. The zero-order valence-corrected chi connectivity index (χ0v) is 10.0. The van der Waals surface area contributed by atoms with Crippen LogP contribution in [0.2, 0.25) is 0 Å². The van der Waals surface area contributed by atoms with Crippen LogP contribution < -0.4 is 10.6 Å². The third-order valence-corrected chi connectivity index (χ3v) is 2.80. The summed E-state index contributed by atoms with van der Waals surface area (Å²) in [5.41, 5.74) is 1.03. The molecule has 0 aliphatic carbocycles. The number of benzene rings is 1. The largest absolute Gasteiger partial charge is 0.380 e. The first kappa shape index (κ1) is 12.1. The molecule has 2 rings (SSSR count). The van der Waals surface area contributed by atoms with E-state index in [1.54, 1.807) is 0 Å². The highest BCUT2D eigenvalue weighted by molar-refractivity contribution is 5.92. The maximum atomic E-state index is 11.6. The van der Waals surface area contributed by atoms with Crippen molar-refractivity contribution in [3.8, 4) is 0 Å². The van der Waals surface area contributed by atoms with Gasteiger partial charge < -0.3 is 15.4 Å². The molecule has 0 bridgehead atoms. The van der Waals surface area contributed by atoms with Gasteiger partial charge in [0.2, 0.25) is 5.91 Å². The third-order valence-electron chi connectivity index (χ3n) is 2.80. The Balaban J connectivity index is 1.67. The fraction of sp³-hybridized carbons (Fsp3) is 0.462. The molecule has 1 saturated heterocycles. The highest BCUT2D eigenvalue weighted by Gasteiger charge is 2.32. The van der Waals surface area contributed by atoms with Gasteiger partial charge in [0, 0.05) is 17.6 Å². The van der Waals surface area contributed by atoms with E-state index in [1.807, 2.05) is 30.3 Å². The molecule has 1 heterocycles. The van der Waals surface area contributed by atoms with Crippen LogP contribution in [0.25, 0.3) is 0 Å². The van der Waals surface area contributed by atoms with Crippen LogP contribution in [0.3, 0.4) is 0 Å². The van der Waals surface area contributed by atoms with Gasteiger partial charge in [-0.05, 0) is 12.1 Å². The lowest BCUT2D eigenvalue weighted by Crippen LogP contribution is -2.48. The summed E-state index contributed by atoms with van der Waals surface area (Å²) in [5.74, 6) is -0.0139. The van der Waals surface area contributed by atoms with Crippen molar-refractivity contribution in [3.63, 3.8) is 0 Å². The molecule has 0 atom stereocenters. The zero-order chi connectivity index (χ0) is 12.1. The molecule has 0 spiro atoms. The van der Waals surface area contributed by atoms with E-state index in [0.717, 1.165) is 25.4 Å². The van der Waals surface area contributed by atoms with E-state index in [9.17, 15) is 4.79 Å². The Morgan fingerprint density at radius 1 is 1.35 bits per heavy atom. The molecule has 1 aliphatic heterocycles. The van der Waals surface area contributed by atoms with Crippen molar-refractivity contribution in [3.05, 3.63) is 30.3 Å². The highest BCUT2D eigenvalue weighted by atomic mass is 16.5. The van der Waals surface area contributed by atoms with Crippen LogP contribution in [0.4, 0.5) is 5.69 Å². The SMILES string of the molecule is CC1(CNCC(=O)Nc2ccccc2)COC1. The van der Waals surface area contributed by atoms with Crippen molar-refractivity contribution >= 4 is 11.6 Å². The van der Waals surface area contributed by atoms with Crippen LogP contribution in [0.15, 0.2) is 30.3 Å². The van der Waals surface area contributed by atoms with E-state index >= 15 is 0 Å². The Bertz CT molecular complexity index is 374. The minimum atomic E-state index is -0.0139. The van der Waals surface area contributed by atoms with Crippen molar-refractivity contribution in [2.24, 2.45) is 5.41 Å². The molecule has 17 heavy (non-hydrogen) atoms. The van der Waals surface area contributed by atoms with Crippen LogP contribution >= 0.6 is 0 Å². The second-order valence-electron chi connectivity index (χ2n) is 4.82. The van der Waals surface area contributed by atoms with Crippen molar-refractivity contribution in [2.45, 2.75) is 6.92 Å². The summed E-state index contributed by atoms with van der Waals surface area (Å²) in [6, 6.07) is 9.47. The molecule has 0 radical (unpaired) electrons. The van der Waals surface area contributed by atoms with Crippen LogP contribution in [-0.4, -0.2) is 32.2 Å². The summed E-state index contributed by atoms with van der Waals surface area (Å²) in [6.45, 7) is 4.86. The number of carbonyl (C=O) groups is 1. The molecule has 92 valence electrons. The normalized spacial score (nSPS) is 17.2. The molecule has 1 amide bonds. The average molecular weight is 234 g/mol.